The largest absolute Gasteiger partial charge is 0.396 e. The summed E-state index contributed by atoms with van der Waals surface area (Å²) in [4.78, 5) is 11.0. The Hall–Kier alpha value is -0.570. The standard InChI is InChI=1S/C9H17NO2/c1-2-9(12)10-8-5-3-4-7(8)6-11/h7-8,11H,2-6H2,1H3,(H,10,12). The van der Waals surface area contributed by atoms with Gasteiger partial charge in [-0.2, -0.15) is 0 Å². The number of aliphatic hydroxyl groups excluding tert-OH is 1. The van der Waals surface area contributed by atoms with E-state index in [2.05, 4.69) is 5.32 Å². The van der Waals surface area contributed by atoms with E-state index in [4.69, 9.17) is 5.11 Å². The molecule has 12 heavy (non-hydrogen) atoms. The van der Waals surface area contributed by atoms with Crippen LogP contribution in [-0.4, -0.2) is 23.7 Å². The first-order valence-corrected chi connectivity index (χ1v) is 4.68. The minimum atomic E-state index is 0.0975. The van der Waals surface area contributed by atoms with Gasteiger partial charge < -0.3 is 10.4 Å². The van der Waals surface area contributed by atoms with Crippen LogP contribution in [0.3, 0.4) is 0 Å². The molecule has 1 saturated carbocycles. The van der Waals surface area contributed by atoms with E-state index in [1.165, 1.54) is 0 Å². The molecule has 0 spiro atoms. The molecule has 3 heteroatoms. The lowest BCUT2D eigenvalue weighted by molar-refractivity contribution is -0.121. The van der Waals surface area contributed by atoms with E-state index in [1.54, 1.807) is 0 Å². The Morgan fingerprint density at radius 3 is 2.92 bits per heavy atom. The van der Waals surface area contributed by atoms with E-state index in [9.17, 15) is 4.79 Å². The maximum atomic E-state index is 11.0. The van der Waals surface area contributed by atoms with Crippen molar-refractivity contribution in [1.29, 1.82) is 0 Å². The first-order chi connectivity index (χ1) is 5.77. The van der Waals surface area contributed by atoms with Gasteiger partial charge in [-0.3, -0.25) is 4.79 Å². The highest BCUT2D eigenvalue weighted by Gasteiger charge is 2.27. The van der Waals surface area contributed by atoms with E-state index in [0.29, 0.717) is 12.3 Å². The van der Waals surface area contributed by atoms with Crippen molar-refractivity contribution in [3.8, 4) is 0 Å². The molecule has 1 amide bonds. The molecule has 0 aromatic heterocycles. The molecular weight excluding hydrogens is 154 g/mol. The molecule has 70 valence electrons. The van der Waals surface area contributed by atoms with Gasteiger partial charge in [0.25, 0.3) is 0 Å². The molecular formula is C9H17NO2. The molecule has 3 nitrogen and oxygen atoms in total. The second kappa shape index (κ2) is 4.45. The van der Waals surface area contributed by atoms with Crippen LogP contribution in [0.5, 0.6) is 0 Å². The second-order valence-corrected chi connectivity index (χ2v) is 3.40. The Kier molecular flexibility index (Phi) is 3.53. The summed E-state index contributed by atoms with van der Waals surface area (Å²) in [6, 6.07) is 0.224. The summed E-state index contributed by atoms with van der Waals surface area (Å²) in [5, 5.41) is 11.9. The molecule has 0 bridgehead atoms. The van der Waals surface area contributed by atoms with Gasteiger partial charge in [0, 0.05) is 25.0 Å². The maximum Gasteiger partial charge on any atom is 0.219 e. The van der Waals surface area contributed by atoms with Crippen LogP contribution in [0.4, 0.5) is 0 Å². The van der Waals surface area contributed by atoms with Gasteiger partial charge in [-0.1, -0.05) is 13.3 Å². The quantitative estimate of drug-likeness (QED) is 0.656. The lowest BCUT2D eigenvalue weighted by atomic mass is 10.1. The highest BCUT2D eigenvalue weighted by molar-refractivity contribution is 5.75. The minimum absolute atomic E-state index is 0.0975. The van der Waals surface area contributed by atoms with Crippen molar-refractivity contribution in [2.45, 2.75) is 38.6 Å². The van der Waals surface area contributed by atoms with Crippen molar-refractivity contribution < 1.29 is 9.90 Å². The van der Waals surface area contributed by atoms with Gasteiger partial charge in [0.1, 0.15) is 0 Å². The summed E-state index contributed by atoms with van der Waals surface area (Å²) >= 11 is 0. The topological polar surface area (TPSA) is 49.3 Å². The molecule has 0 aromatic rings. The van der Waals surface area contributed by atoms with E-state index in [-0.39, 0.29) is 18.6 Å². The second-order valence-electron chi connectivity index (χ2n) is 3.40. The van der Waals surface area contributed by atoms with Crippen molar-refractivity contribution in [3.63, 3.8) is 0 Å². The Bertz CT molecular complexity index is 159. The van der Waals surface area contributed by atoms with Gasteiger partial charge in [-0.05, 0) is 12.8 Å². The highest BCUT2D eigenvalue weighted by Crippen LogP contribution is 2.24. The Labute approximate surface area is 73.2 Å². The molecule has 0 saturated heterocycles. The lowest BCUT2D eigenvalue weighted by Crippen LogP contribution is -2.38. The maximum absolute atomic E-state index is 11.0. The Balaban J connectivity index is 2.35. The predicted molar refractivity (Wildman–Crippen MR) is 46.6 cm³/mol. The number of hydrogen-bond donors (Lipinski definition) is 2. The van der Waals surface area contributed by atoms with Gasteiger partial charge in [-0.15, -0.1) is 0 Å². The summed E-state index contributed by atoms with van der Waals surface area (Å²) in [5.41, 5.74) is 0. The summed E-state index contributed by atoms with van der Waals surface area (Å²) in [6.07, 6.45) is 3.73. The average Bonchev–Trinajstić information content (AvgIpc) is 2.51. The zero-order valence-electron chi connectivity index (χ0n) is 7.55. The van der Waals surface area contributed by atoms with Gasteiger partial charge in [0.2, 0.25) is 5.91 Å². The van der Waals surface area contributed by atoms with Crippen LogP contribution < -0.4 is 5.32 Å². The summed E-state index contributed by atoms with van der Waals surface area (Å²) in [5.74, 6) is 0.390. The third-order valence-electron chi connectivity index (χ3n) is 2.56. The fraction of sp³-hybridized carbons (Fsp3) is 0.889. The first-order valence-electron chi connectivity index (χ1n) is 4.68. The summed E-state index contributed by atoms with van der Waals surface area (Å²) in [6.45, 7) is 2.05. The van der Waals surface area contributed by atoms with Crippen molar-refractivity contribution in [2.75, 3.05) is 6.61 Å². The Morgan fingerprint density at radius 1 is 1.58 bits per heavy atom. The van der Waals surface area contributed by atoms with E-state index in [0.717, 1.165) is 19.3 Å². The third kappa shape index (κ3) is 2.21. The molecule has 1 aliphatic carbocycles. The van der Waals surface area contributed by atoms with Crippen molar-refractivity contribution in [3.05, 3.63) is 0 Å². The van der Waals surface area contributed by atoms with Gasteiger partial charge in [0.15, 0.2) is 0 Å². The van der Waals surface area contributed by atoms with E-state index in [1.807, 2.05) is 6.92 Å². The predicted octanol–water partition coefficient (Wildman–Crippen LogP) is 0.674. The van der Waals surface area contributed by atoms with Crippen LogP contribution >= 0.6 is 0 Å². The van der Waals surface area contributed by atoms with E-state index >= 15 is 0 Å². The fourth-order valence-electron chi connectivity index (χ4n) is 1.75. The molecule has 2 atom stereocenters. The molecule has 1 aliphatic rings. The number of carbonyl (C=O) groups is 1. The van der Waals surface area contributed by atoms with Crippen LogP contribution in [0.2, 0.25) is 0 Å². The van der Waals surface area contributed by atoms with Crippen molar-refractivity contribution in [1.82, 2.24) is 5.32 Å². The monoisotopic (exact) mass is 171 g/mol. The first kappa shape index (κ1) is 9.52. The molecule has 0 aliphatic heterocycles. The van der Waals surface area contributed by atoms with Gasteiger partial charge in [0.05, 0.1) is 0 Å². The van der Waals surface area contributed by atoms with Crippen molar-refractivity contribution >= 4 is 5.91 Å². The third-order valence-corrected chi connectivity index (χ3v) is 2.56. The highest BCUT2D eigenvalue weighted by atomic mass is 16.3. The number of amides is 1. The number of carbonyl (C=O) groups excluding carboxylic acids is 1. The summed E-state index contributed by atoms with van der Waals surface area (Å²) in [7, 11) is 0. The van der Waals surface area contributed by atoms with Crippen LogP contribution in [0.1, 0.15) is 32.6 Å². The molecule has 0 heterocycles. The number of aliphatic hydroxyl groups is 1. The molecule has 2 unspecified atom stereocenters. The van der Waals surface area contributed by atoms with Gasteiger partial charge in [-0.25, -0.2) is 0 Å². The normalized spacial score (nSPS) is 28.8. The van der Waals surface area contributed by atoms with Crippen molar-refractivity contribution in [2.24, 2.45) is 5.92 Å². The van der Waals surface area contributed by atoms with Crippen LogP contribution in [-0.2, 0) is 4.79 Å². The number of hydrogen-bond acceptors (Lipinski definition) is 2. The molecule has 0 aromatic carbocycles. The van der Waals surface area contributed by atoms with Gasteiger partial charge >= 0.3 is 0 Å². The number of nitrogens with one attached hydrogen (secondary N) is 1. The summed E-state index contributed by atoms with van der Waals surface area (Å²) < 4.78 is 0. The zero-order chi connectivity index (χ0) is 8.97. The zero-order valence-corrected chi connectivity index (χ0v) is 7.55. The van der Waals surface area contributed by atoms with E-state index < -0.39 is 0 Å². The Morgan fingerprint density at radius 2 is 2.33 bits per heavy atom. The molecule has 1 rings (SSSR count). The van der Waals surface area contributed by atoms with Crippen LogP contribution in [0.15, 0.2) is 0 Å². The minimum Gasteiger partial charge on any atom is -0.396 e. The molecule has 2 N–H and O–H groups in total. The fourth-order valence-corrected chi connectivity index (χ4v) is 1.75. The smallest absolute Gasteiger partial charge is 0.219 e. The lowest BCUT2D eigenvalue weighted by Gasteiger charge is -2.18. The SMILES string of the molecule is CCC(=O)NC1CCCC1CO. The molecule has 0 radical (unpaired) electrons. The number of rotatable bonds is 3. The average molecular weight is 171 g/mol. The van der Waals surface area contributed by atoms with Crippen LogP contribution in [0, 0.1) is 5.92 Å². The van der Waals surface area contributed by atoms with Crippen LogP contribution in [0.25, 0.3) is 0 Å². The molecule has 1 fully saturated rings.